The Morgan fingerprint density at radius 2 is 2.05 bits per heavy atom. The molecule has 0 atom stereocenters. The smallest absolute Gasteiger partial charge is 0.244 e. The Morgan fingerprint density at radius 3 is 2.79 bits per heavy atom. The fourth-order valence-corrected chi connectivity index (χ4v) is 1.58. The first kappa shape index (κ1) is 13.2. The molecule has 0 bridgehead atoms. The number of benzene rings is 1. The summed E-state index contributed by atoms with van der Waals surface area (Å²) in [7, 11) is 0. The normalized spacial score (nSPS) is 11.3. The molecule has 4 heteroatoms. The number of hydrogen-bond donors (Lipinski definition) is 1. The van der Waals surface area contributed by atoms with Crippen molar-refractivity contribution in [3.8, 4) is 0 Å². The zero-order valence-corrected chi connectivity index (χ0v) is 11.1. The van der Waals surface area contributed by atoms with Gasteiger partial charge in [-0.05, 0) is 24.1 Å². The number of hydrogen-bond acceptors (Lipinski definition) is 3. The van der Waals surface area contributed by atoms with E-state index >= 15 is 0 Å². The highest BCUT2D eigenvalue weighted by atomic mass is 16.1. The van der Waals surface area contributed by atoms with E-state index in [-0.39, 0.29) is 5.91 Å². The molecule has 0 unspecified atom stereocenters. The van der Waals surface area contributed by atoms with Crippen LogP contribution in [0.1, 0.15) is 19.5 Å². The van der Waals surface area contributed by atoms with Crippen LogP contribution in [0.5, 0.6) is 0 Å². The number of nitrogens with zero attached hydrogens (tertiary/aromatic N) is 2. The number of rotatable bonds is 4. The summed E-state index contributed by atoms with van der Waals surface area (Å²) in [4.78, 5) is 20.2. The predicted molar refractivity (Wildman–Crippen MR) is 76.4 cm³/mol. The molecule has 1 amide bonds. The molecule has 1 heterocycles. The lowest BCUT2D eigenvalue weighted by atomic mass is 10.2. The molecule has 98 valence electrons. The van der Waals surface area contributed by atoms with E-state index in [1.807, 2.05) is 24.3 Å². The number of fused-ring (bicyclic) bond motifs is 1. The lowest BCUT2D eigenvalue weighted by Crippen LogP contribution is -2.25. The van der Waals surface area contributed by atoms with Gasteiger partial charge in [-0.25, -0.2) is 4.98 Å². The second-order valence-corrected chi connectivity index (χ2v) is 4.76. The minimum absolute atomic E-state index is 0.108. The van der Waals surface area contributed by atoms with Gasteiger partial charge in [-0.15, -0.1) is 0 Å². The quantitative estimate of drug-likeness (QED) is 0.854. The molecule has 1 aromatic carbocycles. The van der Waals surface area contributed by atoms with Crippen molar-refractivity contribution in [3.05, 3.63) is 42.2 Å². The van der Waals surface area contributed by atoms with Crippen molar-refractivity contribution in [1.82, 2.24) is 15.3 Å². The van der Waals surface area contributed by atoms with Gasteiger partial charge in [0.2, 0.25) is 5.91 Å². The van der Waals surface area contributed by atoms with Crippen LogP contribution in [0.4, 0.5) is 0 Å². The third-order valence-electron chi connectivity index (χ3n) is 2.56. The van der Waals surface area contributed by atoms with E-state index in [2.05, 4.69) is 29.1 Å². The summed E-state index contributed by atoms with van der Waals surface area (Å²) >= 11 is 0. The van der Waals surface area contributed by atoms with Crippen LogP contribution in [0.3, 0.4) is 0 Å². The first-order chi connectivity index (χ1) is 9.15. The van der Waals surface area contributed by atoms with Crippen molar-refractivity contribution in [2.45, 2.75) is 13.8 Å². The van der Waals surface area contributed by atoms with Gasteiger partial charge in [-0.1, -0.05) is 26.0 Å². The molecular weight excluding hydrogens is 238 g/mol. The van der Waals surface area contributed by atoms with Crippen molar-refractivity contribution < 1.29 is 4.79 Å². The van der Waals surface area contributed by atoms with Crippen LogP contribution in [0.2, 0.25) is 0 Å². The maximum absolute atomic E-state index is 11.5. The Hall–Kier alpha value is -2.23. The van der Waals surface area contributed by atoms with Gasteiger partial charge in [0, 0.05) is 12.6 Å². The maximum Gasteiger partial charge on any atom is 0.244 e. The summed E-state index contributed by atoms with van der Waals surface area (Å²) in [6.07, 6.45) is 4.82. The third-order valence-corrected chi connectivity index (χ3v) is 2.56. The summed E-state index contributed by atoms with van der Waals surface area (Å²) in [6, 6.07) is 7.65. The number of para-hydroxylation sites is 2. The minimum atomic E-state index is -0.108. The van der Waals surface area contributed by atoms with Gasteiger partial charge in [0.05, 0.1) is 22.9 Å². The van der Waals surface area contributed by atoms with Gasteiger partial charge in [0.1, 0.15) is 0 Å². The van der Waals surface area contributed by atoms with E-state index in [1.165, 1.54) is 6.08 Å². The van der Waals surface area contributed by atoms with Crippen molar-refractivity contribution >= 4 is 23.0 Å². The Bertz CT molecular complexity index is 605. The molecule has 0 fully saturated rings. The summed E-state index contributed by atoms with van der Waals surface area (Å²) in [6.45, 7) is 4.78. The van der Waals surface area contributed by atoms with Gasteiger partial charge in [0.15, 0.2) is 0 Å². The van der Waals surface area contributed by atoms with E-state index in [9.17, 15) is 4.79 Å². The Labute approximate surface area is 112 Å². The molecule has 4 nitrogen and oxygen atoms in total. The van der Waals surface area contributed by atoms with Crippen LogP contribution >= 0.6 is 0 Å². The standard InChI is InChI=1S/C15H17N3O/c1-11(2)9-17-15(19)8-7-12-10-16-13-5-3-4-6-14(13)18-12/h3-8,10-11H,9H2,1-2H3,(H,17,19)/b8-7+. The molecule has 2 aromatic rings. The number of carbonyl (C=O) groups is 1. The number of nitrogens with one attached hydrogen (secondary N) is 1. The largest absolute Gasteiger partial charge is 0.352 e. The molecule has 0 aliphatic rings. The number of amides is 1. The average Bonchev–Trinajstić information content (AvgIpc) is 2.42. The van der Waals surface area contributed by atoms with Gasteiger partial charge < -0.3 is 5.32 Å². The van der Waals surface area contributed by atoms with Gasteiger partial charge in [0.25, 0.3) is 0 Å². The van der Waals surface area contributed by atoms with Crippen LogP contribution in [0, 0.1) is 5.92 Å². The molecular formula is C15H17N3O. The van der Waals surface area contributed by atoms with Crippen molar-refractivity contribution in [1.29, 1.82) is 0 Å². The van der Waals surface area contributed by atoms with Gasteiger partial charge >= 0.3 is 0 Å². The van der Waals surface area contributed by atoms with Crippen molar-refractivity contribution in [2.75, 3.05) is 6.54 Å². The maximum atomic E-state index is 11.5. The fraction of sp³-hybridized carbons (Fsp3) is 0.267. The third kappa shape index (κ3) is 3.88. The van der Waals surface area contributed by atoms with E-state index in [1.54, 1.807) is 12.3 Å². The number of aromatic nitrogens is 2. The van der Waals surface area contributed by atoms with Gasteiger partial charge in [-0.3, -0.25) is 9.78 Å². The van der Waals surface area contributed by atoms with Gasteiger partial charge in [-0.2, -0.15) is 0 Å². The van der Waals surface area contributed by atoms with E-state index < -0.39 is 0 Å². The highest BCUT2D eigenvalue weighted by molar-refractivity contribution is 5.91. The van der Waals surface area contributed by atoms with Crippen molar-refractivity contribution in [2.24, 2.45) is 5.92 Å². The topological polar surface area (TPSA) is 54.9 Å². The van der Waals surface area contributed by atoms with Crippen LogP contribution in [0.15, 0.2) is 36.5 Å². The van der Waals surface area contributed by atoms with E-state index in [0.29, 0.717) is 18.2 Å². The first-order valence-corrected chi connectivity index (χ1v) is 6.33. The lowest BCUT2D eigenvalue weighted by molar-refractivity contribution is -0.116. The Balaban J connectivity index is 2.06. The summed E-state index contributed by atoms with van der Waals surface area (Å²) in [5.41, 5.74) is 2.36. The molecule has 0 spiro atoms. The molecule has 2 rings (SSSR count). The molecule has 1 N–H and O–H groups in total. The molecule has 1 aromatic heterocycles. The first-order valence-electron chi connectivity index (χ1n) is 6.33. The molecule has 0 aliphatic heterocycles. The van der Waals surface area contributed by atoms with E-state index in [4.69, 9.17) is 0 Å². The fourth-order valence-electron chi connectivity index (χ4n) is 1.58. The molecule has 0 saturated heterocycles. The van der Waals surface area contributed by atoms with E-state index in [0.717, 1.165) is 11.0 Å². The summed E-state index contributed by atoms with van der Waals surface area (Å²) in [5.74, 6) is 0.335. The number of carbonyl (C=O) groups excluding carboxylic acids is 1. The van der Waals surface area contributed by atoms with Crippen LogP contribution < -0.4 is 5.32 Å². The van der Waals surface area contributed by atoms with Crippen LogP contribution in [-0.4, -0.2) is 22.4 Å². The molecule has 0 radical (unpaired) electrons. The lowest BCUT2D eigenvalue weighted by Gasteiger charge is -2.04. The zero-order chi connectivity index (χ0) is 13.7. The highest BCUT2D eigenvalue weighted by Gasteiger charge is 1.99. The highest BCUT2D eigenvalue weighted by Crippen LogP contribution is 2.09. The van der Waals surface area contributed by atoms with Crippen LogP contribution in [0.25, 0.3) is 17.1 Å². The summed E-state index contributed by atoms with van der Waals surface area (Å²) < 4.78 is 0. The second-order valence-electron chi connectivity index (χ2n) is 4.76. The Morgan fingerprint density at radius 1 is 1.32 bits per heavy atom. The molecule has 0 aliphatic carbocycles. The molecule has 0 saturated carbocycles. The summed E-state index contributed by atoms with van der Waals surface area (Å²) in [5, 5.41) is 2.82. The monoisotopic (exact) mass is 255 g/mol. The Kier molecular flexibility index (Phi) is 4.23. The van der Waals surface area contributed by atoms with Crippen LogP contribution in [-0.2, 0) is 4.79 Å². The molecule has 19 heavy (non-hydrogen) atoms. The average molecular weight is 255 g/mol. The predicted octanol–water partition coefficient (Wildman–Crippen LogP) is 2.42. The zero-order valence-electron chi connectivity index (χ0n) is 11.1. The van der Waals surface area contributed by atoms with Crippen molar-refractivity contribution in [3.63, 3.8) is 0 Å². The second kappa shape index (κ2) is 6.09. The SMILES string of the molecule is CC(C)CNC(=O)/C=C/c1cnc2ccccc2n1. The minimum Gasteiger partial charge on any atom is -0.352 e.